The van der Waals surface area contributed by atoms with Gasteiger partial charge < -0.3 is 5.11 Å². The fourth-order valence-corrected chi connectivity index (χ4v) is 3.12. The van der Waals surface area contributed by atoms with E-state index in [-0.39, 0.29) is 0 Å². The lowest BCUT2D eigenvalue weighted by molar-refractivity contribution is -0.145. The molecule has 3 nitrogen and oxygen atoms in total. The average molecular weight is 259 g/mol. The summed E-state index contributed by atoms with van der Waals surface area (Å²) in [6, 6.07) is 8.05. The first-order valence-corrected chi connectivity index (χ1v) is 7.29. The summed E-state index contributed by atoms with van der Waals surface area (Å²) in [6.07, 6.45) is 6.23. The molecule has 1 aromatic rings. The fraction of sp³-hybridized carbons (Fsp3) is 0.562. The largest absolute Gasteiger partial charge is 0.480 e. The maximum atomic E-state index is 12.0. The van der Waals surface area contributed by atoms with Crippen LogP contribution < -0.4 is 5.32 Å². The number of aliphatic carboxylic acids is 1. The van der Waals surface area contributed by atoms with E-state index >= 15 is 0 Å². The van der Waals surface area contributed by atoms with Crippen molar-refractivity contribution in [2.45, 2.75) is 44.1 Å². The zero-order chi connectivity index (χ0) is 13.3. The van der Waals surface area contributed by atoms with E-state index in [4.69, 9.17) is 0 Å². The Hall–Kier alpha value is -1.35. The Morgan fingerprint density at radius 2 is 2.11 bits per heavy atom. The Balaban J connectivity index is 1.98. The van der Waals surface area contributed by atoms with E-state index in [9.17, 15) is 9.90 Å². The molecule has 1 aromatic carbocycles. The summed E-state index contributed by atoms with van der Waals surface area (Å²) >= 11 is 0. The highest BCUT2D eigenvalue weighted by atomic mass is 16.4. The van der Waals surface area contributed by atoms with E-state index in [2.05, 4.69) is 11.4 Å². The molecule has 2 aliphatic carbocycles. The summed E-state index contributed by atoms with van der Waals surface area (Å²) in [6.45, 7) is 0.834. The molecular weight excluding hydrogens is 238 g/mol. The molecule has 0 aliphatic heterocycles. The van der Waals surface area contributed by atoms with Crippen molar-refractivity contribution in [3.8, 4) is 0 Å². The van der Waals surface area contributed by atoms with Gasteiger partial charge in [0.2, 0.25) is 0 Å². The average Bonchev–Trinajstić information content (AvgIpc) is 3.23. The number of aryl methyl sites for hydroxylation is 1. The van der Waals surface area contributed by atoms with Crippen LogP contribution >= 0.6 is 0 Å². The third-order valence-corrected chi connectivity index (χ3v) is 4.48. The van der Waals surface area contributed by atoms with Crippen molar-refractivity contribution in [2.24, 2.45) is 5.92 Å². The number of carboxylic acids is 1. The van der Waals surface area contributed by atoms with Crippen LogP contribution in [0.4, 0.5) is 0 Å². The van der Waals surface area contributed by atoms with Crippen LogP contribution in [0, 0.1) is 5.92 Å². The molecule has 2 N–H and O–H groups in total. The second kappa shape index (κ2) is 4.97. The Labute approximate surface area is 114 Å². The predicted octanol–water partition coefficient (Wildman–Crippen LogP) is 2.69. The number of carbonyl (C=O) groups is 1. The van der Waals surface area contributed by atoms with E-state index in [0.29, 0.717) is 12.3 Å². The van der Waals surface area contributed by atoms with Crippen LogP contribution in [0.1, 0.15) is 43.2 Å². The van der Waals surface area contributed by atoms with E-state index in [1.807, 2.05) is 18.2 Å². The Bertz CT molecular complexity index is 481. The van der Waals surface area contributed by atoms with Gasteiger partial charge in [-0.15, -0.1) is 0 Å². The van der Waals surface area contributed by atoms with Crippen LogP contribution in [-0.2, 0) is 16.8 Å². The molecular formula is C16H21NO2. The molecule has 3 rings (SSSR count). The maximum Gasteiger partial charge on any atom is 0.328 e. The minimum atomic E-state index is -0.865. The monoisotopic (exact) mass is 259 g/mol. The molecule has 19 heavy (non-hydrogen) atoms. The summed E-state index contributed by atoms with van der Waals surface area (Å²) in [5.74, 6) is -0.0332. The minimum Gasteiger partial charge on any atom is -0.480 e. The van der Waals surface area contributed by atoms with Crippen LogP contribution in [0.15, 0.2) is 24.3 Å². The first kappa shape index (κ1) is 12.7. The molecule has 1 fully saturated rings. The third kappa shape index (κ3) is 2.39. The molecule has 1 unspecified atom stereocenters. The summed E-state index contributed by atoms with van der Waals surface area (Å²) in [4.78, 5) is 12.0. The molecule has 0 amide bonds. The zero-order valence-corrected chi connectivity index (χ0v) is 11.2. The first-order valence-electron chi connectivity index (χ1n) is 7.29. The molecule has 1 atom stereocenters. The summed E-state index contributed by atoms with van der Waals surface area (Å²) in [7, 11) is 0. The SMILES string of the molecule is O=C(O)C1(NCC2CC2)CCCCc2ccccc21. The molecule has 0 aromatic heterocycles. The lowest BCUT2D eigenvalue weighted by Gasteiger charge is -2.31. The topological polar surface area (TPSA) is 49.3 Å². The minimum absolute atomic E-state index is 0.687. The molecule has 0 saturated heterocycles. The number of benzene rings is 1. The van der Waals surface area contributed by atoms with Gasteiger partial charge in [-0.25, -0.2) is 4.79 Å². The van der Waals surface area contributed by atoms with Crippen molar-refractivity contribution in [3.05, 3.63) is 35.4 Å². The molecule has 2 aliphatic rings. The molecule has 0 radical (unpaired) electrons. The van der Waals surface area contributed by atoms with Crippen molar-refractivity contribution < 1.29 is 9.90 Å². The van der Waals surface area contributed by atoms with Crippen molar-refractivity contribution >= 4 is 5.97 Å². The third-order valence-electron chi connectivity index (χ3n) is 4.48. The number of hydrogen-bond acceptors (Lipinski definition) is 2. The lowest BCUT2D eigenvalue weighted by atomic mass is 9.84. The molecule has 0 spiro atoms. The van der Waals surface area contributed by atoms with Gasteiger partial charge >= 0.3 is 5.97 Å². The van der Waals surface area contributed by atoms with Gasteiger partial charge in [0.05, 0.1) is 0 Å². The number of carboxylic acid groups (broad SMARTS) is 1. The van der Waals surface area contributed by atoms with Crippen LogP contribution in [0.2, 0.25) is 0 Å². The Morgan fingerprint density at radius 3 is 2.84 bits per heavy atom. The Kier molecular flexibility index (Phi) is 3.31. The number of nitrogens with one attached hydrogen (secondary N) is 1. The highest BCUT2D eigenvalue weighted by Crippen LogP contribution is 2.36. The van der Waals surface area contributed by atoms with Gasteiger partial charge in [0.25, 0.3) is 0 Å². The van der Waals surface area contributed by atoms with E-state index in [1.165, 1.54) is 18.4 Å². The molecule has 0 heterocycles. The maximum absolute atomic E-state index is 12.0. The highest BCUT2D eigenvalue weighted by Gasteiger charge is 2.43. The molecule has 1 saturated carbocycles. The fourth-order valence-electron chi connectivity index (χ4n) is 3.12. The van der Waals surface area contributed by atoms with E-state index in [0.717, 1.165) is 31.4 Å². The van der Waals surface area contributed by atoms with Gasteiger partial charge in [-0.2, -0.15) is 0 Å². The van der Waals surface area contributed by atoms with Gasteiger partial charge in [-0.05, 0) is 55.7 Å². The zero-order valence-electron chi connectivity index (χ0n) is 11.2. The van der Waals surface area contributed by atoms with Gasteiger partial charge in [0.15, 0.2) is 0 Å². The second-order valence-electron chi connectivity index (χ2n) is 5.90. The van der Waals surface area contributed by atoms with E-state index < -0.39 is 11.5 Å². The lowest BCUT2D eigenvalue weighted by Crippen LogP contribution is -2.50. The van der Waals surface area contributed by atoms with Gasteiger partial charge in [0, 0.05) is 0 Å². The van der Waals surface area contributed by atoms with Crippen molar-refractivity contribution in [2.75, 3.05) is 6.54 Å². The second-order valence-corrected chi connectivity index (χ2v) is 5.90. The molecule has 0 bridgehead atoms. The van der Waals surface area contributed by atoms with E-state index in [1.54, 1.807) is 0 Å². The molecule has 3 heteroatoms. The summed E-state index contributed by atoms with van der Waals surface area (Å²) < 4.78 is 0. The highest BCUT2D eigenvalue weighted by molar-refractivity contribution is 5.81. The number of fused-ring (bicyclic) bond motifs is 1. The first-order chi connectivity index (χ1) is 9.22. The Morgan fingerprint density at radius 1 is 1.32 bits per heavy atom. The van der Waals surface area contributed by atoms with Crippen molar-refractivity contribution in [3.63, 3.8) is 0 Å². The van der Waals surface area contributed by atoms with Crippen LogP contribution in [-0.4, -0.2) is 17.6 Å². The summed E-state index contributed by atoms with van der Waals surface area (Å²) in [5.41, 5.74) is 1.32. The quantitative estimate of drug-likeness (QED) is 0.817. The van der Waals surface area contributed by atoms with Crippen LogP contribution in [0.25, 0.3) is 0 Å². The number of hydrogen-bond donors (Lipinski definition) is 2. The number of rotatable bonds is 4. The van der Waals surface area contributed by atoms with Gasteiger partial charge in [0.1, 0.15) is 5.54 Å². The van der Waals surface area contributed by atoms with Gasteiger partial charge in [-0.1, -0.05) is 30.7 Å². The van der Waals surface area contributed by atoms with Crippen LogP contribution in [0.5, 0.6) is 0 Å². The van der Waals surface area contributed by atoms with Crippen molar-refractivity contribution in [1.82, 2.24) is 5.32 Å². The summed E-state index contributed by atoms with van der Waals surface area (Å²) in [5, 5.41) is 13.2. The van der Waals surface area contributed by atoms with Crippen LogP contribution in [0.3, 0.4) is 0 Å². The smallest absolute Gasteiger partial charge is 0.328 e. The van der Waals surface area contributed by atoms with Gasteiger partial charge in [-0.3, -0.25) is 5.32 Å². The normalized spacial score (nSPS) is 26.5. The molecule has 102 valence electrons. The predicted molar refractivity (Wildman–Crippen MR) is 74.0 cm³/mol. The standard InChI is InChI=1S/C16H21NO2/c18-15(19)16(17-11-12-8-9-12)10-4-3-6-13-5-1-2-7-14(13)16/h1-2,5,7,12,17H,3-4,6,8-11H2,(H,18,19). The van der Waals surface area contributed by atoms with Crippen molar-refractivity contribution in [1.29, 1.82) is 0 Å².